The number of imidazole rings is 1. The van der Waals surface area contributed by atoms with Crippen molar-refractivity contribution in [3.8, 4) is 10.8 Å². The van der Waals surface area contributed by atoms with Crippen LogP contribution in [0.2, 0.25) is 0 Å². The second-order valence-corrected chi connectivity index (χ2v) is 10.4. The van der Waals surface area contributed by atoms with Crippen molar-refractivity contribution in [3.63, 3.8) is 0 Å². The maximum atomic E-state index is 13.4. The molecule has 4 heterocycles. The molecule has 1 fully saturated rings. The summed E-state index contributed by atoms with van der Waals surface area (Å²) in [4.78, 5) is 39.2. The fourth-order valence-electron chi connectivity index (χ4n) is 5.15. The number of aromatic nitrogens is 4. The number of hydrogen-bond acceptors (Lipinski definition) is 7. The Balaban J connectivity index is 1.29. The summed E-state index contributed by atoms with van der Waals surface area (Å²) in [7, 11) is 0. The number of halogens is 1. The Labute approximate surface area is 229 Å². The molecule has 4 aromatic rings. The van der Waals surface area contributed by atoms with Gasteiger partial charge in [0.2, 0.25) is 5.91 Å². The lowest BCUT2D eigenvalue weighted by Gasteiger charge is -2.36. The molecule has 2 aliphatic rings. The van der Waals surface area contributed by atoms with E-state index in [1.54, 1.807) is 9.80 Å². The molecular weight excluding hydrogens is 519 g/mol. The van der Waals surface area contributed by atoms with Crippen LogP contribution in [0.5, 0.6) is 0 Å². The van der Waals surface area contributed by atoms with E-state index in [0.717, 1.165) is 17.7 Å². The van der Waals surface area contributed by atoms with Crippen molar-refractivity contribution >= 4 is 29.2 Å². The molecule has 0 saturated carbocycles. The van der Waals surface area contributed by atoms with E-state index in [4.69, 9.17) is 14.7 Å². The number of carbonyl (C=O) groups excluding carboxylic acids is 2. The van der Waals surface area contributed by atoms with Crippen LogP contribution in [0.4, 0.5) is 10.2 Å². The van der Waals surface area contributed by atoms with Gasteiger partial charge in [-0.3, -0.25) is 14.5 Å². The third-order valence-corrected chi connectivity index (χ3v) is 7.85. The van der Waals surface area contributed by atoms with Gasteiger partial charge < -0.3 is 14.2 Å². The minimum atomic E-state index is -0.391. The van der Waals surface area contributed by atoms with Crippen LogP contribution in [0.15, 0.2) is 54.6 Å². The summed E-state index contributed by atoms with van der Waals surface area (Å²) in [5.74, 6) is 1.20. The first-order valence-electron chi connectivity index (χ1n) is 12.9. The summed E-state index contributed by atoms with van der Waals surface area (Å²) in [5.41, 5.74) is 2.28. The standard InChI is InChI=1S/C28H27FN6O3S/c1-18-24-25(34-13-5-8-23(34)36)31-26(27-30-22(32-39-27)17-38-16-19-6-3-2-4-7-19)35(24)15-14-33(18)28(37)20-9-11-21(29)12-10-20/h2-4,6-7,9-12,18H,5,8,13-17H2,1H3. The molecule has 9 nitrogen and oxygen atoms in total. The van der Waals surface area contributed by atoms with Gasteiger partial charge in [0.25, 0.3) is 5.91 Å². The van der Waals surface area contributed by atoms with Crippen molar-refractivity contribution in [2.45, 2.75) is 45.6 Å². The third kappa shape index (κ3) is 4.95. The molecule has 0 spiro atoms. The van der Waals surface area contributed by atoms with E-state index in [2.05, 4.69) is 8.94 Å². The highest BCUT2D eigenvalue weighted by atomic mass is 32.1. The number of hydrogen-bond donors (Lipinski definition) is 0. The molecule has 39 heavy (non-hydrogen) atoms. The van der Waals surface area contributed by atoms with Crippen LogP contribution in [0.3, 0.4) is 0 Å². The van der Waals surface area contributed by atoms with E-state index in [1.165, 1.54) is 35.8 Å². The van der Waals surface area contributed by atoms with Gasteiger partial charge in [-0.25, -0.2) is 14.4 Å². The van der Waals surface area contributed by atoms with Crippen LogP contribution < -0.4 is 4.90 Å². The van der Waals surface area contributed by atoms with Gasteiger partial charge in [0.1, 0.15) is 12.4 Å². The summed E-state index contributed by atoms with van der Waals surface area (Å²) in [6.45, 7) is 4.17. The first kappa shape index (κ1) is 25.3. The van der Waals surface area contributed by atoms with Crippen molar-refractivity contribution in [2.24, 2.45) is 0 Å². The third-order valence-electron chi connectivity index (χ3n) is 7.10. The summed E-state index contributed by atoms with van der Waals surface area (Å²) in [5, 5.41) is 0.637. The Hall–Kier alpha value is -3.96. The van der Waals surface area contributed by atoms with Gasteiger partial charge in [-0.15, -0.1) is 0 Å². The van der Waals surface area contributed by atoms with Crippen LogP contribution in [-0.2, 0) is 29.3 Å². The molecule has 6 rings (SSSR count). The molecule has 1 atom stereocenters. The lowest BCUT2D eigenvalue weighted by Crippen LogP contribution is -2.42. The van der Waals surface area contributed by atoms with E-state index in [1.807, 2.05) is 37.3 Å². The highest BCUT2D eigenvalue weighted by Gasteiger charge is 2.38. The largest absolute Gasteiger partial charge is 0.369 e. The summed E-state index contributed by atoms with van der Waals surface area (Å²) in [6.07, 6.45) is 1.23. The van der Waals surface area contributed by atoms with Gasteiger partial charge in [-0.05, 0) is 54.7 Å². The fourth-order valence-corrected chi connectivity index (χ4v) is 5.82. The molecule has 1 unspecified atom stereocenters. The summed E-state index contributed by atoms with van der Waals surface area (Å²) in [6, 6.07) is 15.1. The van der Waals surface area contributed by atoms with Crippen molar-refractivity contribution < 1.29 is 18.7 Å². The van der Waals surface area contributed by atoms with E-state index in [-0.39, 0.29) is 24.5 Å². The lowest BCUT2D eigenvalue weighted by molar-refractivity contribution is -0.117. The molecule has 2 amide bonds. The summed E-state index contributed by atoms with van der Waals surface area (Å²) < 4.78 is 25.8. The van der Waals surface area contributed by atoms with Crippen LogP contribution in [-0.4, -0.2) is 48.7 Å². The number of amides is 2. The molecule has 200 valence electrons. The molecule has 0 bridgehead atoms. The number of benzene rings is 2. The SMILES string of the molecule is CC1c2c(N3CCCC3=O)nc(-c3nc(COCc4ccccc4)ns3)n2CCN1C(=O)c1ccc(F)cc1. The van der Waals surface area contributed by atoms with Crippen LogP contribution in [0, 0.1) is 5.82 Å². The van der Waals surface area contributed by atoms with Crippen molar-refractivity contribution in [3.05, 3.63) is 83.1 Å². The van der Waals surface area contributed by atoms with Crippen LogP contribution in [0.1, 0.15) is 53.2 Å². The Kier molecular flexibility index (Phi) is 6.92. The second-order valence-electron chi connectivity index (χ2n) is 9.62. The highest BCUT2D eigenvalue weighted by Crippen LogP contribution is 2.39. The van der Waals surface area contributed by atoms with Gasteiger partial charge in [0.05, 0.1) is 18.3 Å². The highest BCUT2D eigenvalue weighted by molar-refractivity contribution is 7.09. The molecule has 2 aliphatic heterocycles. The lowest BCUT2D eigenvalue weighted by atomic mass is 10.1. The molecular formula is C28H27FN6O3S. The van der Waals surface area contributed by atoms with Crippen LogP contribution in [0.25, 0.3) is 10.8 Å². The van der Waals surface area contributed by atoms with E-state index < -0.39 is 5.82 Å². The van der Waals surface area contributed by atoms with E-state index in [9.17, 15) is 14.0 Å². The predicted molar refractivity (Wildman–Crippen MR) is 144 cm³/mol. The Morgan fingerprint density at radius 1 is 1.05 bits per heavy atom. The maximum absolute atomic E-state index is 13.4. The van der Waals surface area contributed by atoms with Gasteiger partial charge in [-0.2, -0.15) is 4.37 Å². The summed E-state index contributed by atoms with van der Waals surface area (Å²) >= 11 is 1.24. The van der Waals surface area contributed by atoms with Crippen LogP contribution >= 0.6 is 11.5 Å². The topological polar surface area (TPSA) is 93.5 Å². The predicted octanol–water partition coefficient (Wildman–Crippen LogP) is 4.60. The smallest absolute Gasteiger partial charge is 0.254 e. The minimum Gasteiger partial charge on any atom is -0.369 e. The second kappa shape index (κ2) is 10.7. The van der Waals surface area contributed by atoms with E-state index in [0.29, 0.717) is 60.7 Å². The monoisotopic (exact) mass is 546 g/mol. The van der Waals surface area contributed by atoms with Crippen molar-refractivity contribution in [1.29, 1.82) is 0 Å². The van der Waals surface area contributed by atoms with Gasteiger partial charge in [0, 0.05) is 31.6 Å². The number of carbonyl (C=O) groups is 2. The molecule has 0 N–H and O–H groups in total. The number of rotatable bonds is 7. The van der Waals surface area contributed by atoms with Gasteiger partial charge in [-0.1, -0.05) is 30.3 Å². The Morgan fingerprint density at radius 2 is 1.85 bits per heavy atom. The minimum absolute atomic E-state index is 0.0175. The molecule has 0 radical (unpaired) electrons. The number of ether oxygens (including phenoxy) is 1. The molecule has 2 aromatic heterocycles. The Morgan fingerprint density at radius 3 is 2.59 bits per heavy atom. The van der Waals surface area contributed by atoms with Gasteiger partial charge in [0.15, 0.2) is 22.5 Å². The van der Waals surface area contributed by atoms with E-state index >= 15 is 0 Å². The average molecular weight is 547 g/mol. The van der Waals surface area contributed by atoms with Crippen molar-refractivity contribution in [1.82, 2.24) is 23.8 Å². The molecule has 1 saturated heterocycles. The molecule has 0 aliphatic carbocycles. The number of fused-ring (bicyclic) bond motifs is 1. The number of nitrogens with zero attached hydrogens (tertiary/aromatic N) is 6. The zero-order valence-corrected chi connectivity index (χ0v) is 22.2. The average Bonchev–Trinajstić information content (AvgIpc) is 3.68. The zero-order valence-electron chi connectivity index (χ0n) is 21.4. The zero-order chi connectivity index (χ0) is 26.9. The van der Waals surface area contributed by atoms with Gasteiger partial charge >= 0.3 is 0 Å². The maximum Gasteiger partial charge on any atom is 0.254 e. The first-order chi connectivity index (χ1) is 19.0. The fraction of sp³-hybridized carbons (Fsp3) is 0.321. The Bertz CT molecular complexity index is 1500. The molecule has 2 aromatic carbocycles. The normalized spacial score (nSPS) is 17.1. The molecule has 11 heteroatoms. The first-order valence-corrected chi connectivity index (χ1v) is 13.7. The quantitative estimate of drug-likeness (QED) is 0.336. The number of anilines is 1. The van der Waals surface area contributed by atoms with Crippen molar-refractivity contribution in [2.75, 3.05) is 18.0 Å².